The quantitative estimate of drug-likeness (QED) is 0.469. The van der Waals surface area contributed by atoms with E-state index in [1.54, 1.807) is 0 Å². The summed E-state index contributed by atoms with van der Waals surface area (Å²) in [5.74, 6) is 1.00. The van der Waals surface area contributed by atoms with Gasteiger partial charge in [-0.25, -0.2) is 0 Å². The van der Waals surface area contributed by atoms with Gasteiger partial charge in [0.15, 0.2) is 6.10 Å². The molecular weight excluding hydrogens is 381 g/mol. The number of rotatable bonds is 7. The Hall–Kier alpha value is -1.94. The molecular formula is C22H23Cl2NO2. The van der Waals surface area contributed by atoms with E-state index in [0.717, 1.165) is 16.8 Å². The second-order valence-corrected chi connectivity index (χ2v) is 7.97. The zero-order valence-corrected chi connectivity index (χ0v) is 16.8. The van der Waals surface area contributed by atoms with Gasteiger partial charge >= 0.3 is 0 Å². The Morgan fingerprint density at radius 3 is 2.11 bits per heavy atom. The highest BCUT2D eigenvalue weighted by Crippen LogP contribution is 2.35. The molecule has 0 saturated carbocycles. The topological polar surface area (TPSA) is 45.2 Å². The number of benzene rings is 2. The van der Waals surface area contributed by atoms with E-state index in [1.807, 2.05) is 80.7 Å². The Balaban J connectivity index is 1.82. The number of hydrogen-bond donors (Lipinski definition) is 2. The number of H-pyrrole nitrogens is 1. The highest BCUT2D eigenvalue weighted by atomic mass is 35.5. The molecule has 3 nitrogen and oxygen atoms in total. The Morgan fingerprint density at radius 2 is 1.59 bits per heavy atom. The lowest BCUT2D eigenvalue weighted by atomic mass is 9.84. The van der Waals surface area contributed by atoms with Crippen molar-refractivity contribution < 1.29 is 9.84 Å². The maximum absolute atomic E-state index is 10.9. The van der Waals surface area contributed by atoms with Crippen molar-refractivity contribution in [2.45, 2.75) is 26.1 Å². The highest BCUT2D eigenvalue weighted by molar-refractivity contribution is 6.30. The van der Waals surface area contributed by atoms with Crippen molar-refractivity contribution in [2.24, 2.45) is 5.41 Å². The highest BCUT2D eigenvalue weighted by Gasteiger charge is 2.36. The second kappa shape index (κ2) is 8.39. The monoisotopic (exact) mass is 403 g/mol. The van der Waals surface area contributed by atoms with Crippen LogP contribution in [0.15, 0.2) is 66.9 Å². The van der Waals surface area contributed by atoms with Gasteiger partial charge < -0.3 is 14.8 Å². The first-order chi connectivity index (χ1) is 12.9. The van der Waals surface area contributed by atoms with Crippen LogP contribution in [0.25, 0.3) is 11.1 Å². The molecule has 2 aromatic carbocycles. The zero-order valence-electron chi connectivity index (χ0n) is 15.3. The summed E-state index contributed by atoms with van der Waals surface area (Å²) >= 11 is 12.0. The maximum atomic E-state index is 10.9. The molecule has 0 bridgehead atoms. The minimum atomic E-state index is -0.774. The van der Waals surface area contributed by atoms with Crippen LogP contribution in [0.4, 0.5) is 0 Å². The first-order valence-corrected chi connectivity index (χ1v) is 9.72. The van der Waals surface area contributed by atoms with Crippen LogP contribution in [0, 0.1) is 5.41 Å². The smallest absolute Gasteiger partial charge is 0.165 e. The summed E-state index contributed by atoms with van der Waals surface area (Å²) in [6.45, 7) is 3.85. The van der Waals surface area contributed by atoms with Gasteiger partial charge in [-0.3, -0.25) is 0 Å². The first kappa shape index (κ1) is 19.8. The number of aromatic nitrogens is 1. The third kappa shape index (κ3) is 4.67. The Bertz CT molecular complexity index is 843. The van der Waals surface area contributed by atoms with Gasteiger partial charge in [-0.2, -0.15) is 0 Å². The number of aliphatic hydroxyl groups is 1. The predicted octanol–water partition coefficient (Wildman–Crippen LogP) is 6.08. The van der Waals surface area contributed by atoms with E-state index < -0.39 is 17.6 Å². The lowest BCUT2D eigenvalue weighted by molar-refractivity contribution is -0.0333. The van der Waals surface area contributed by atoms with Gasteiger partial charge in [0.2, 0.25) is 0 Å². The average molecular weight is 404 g/mol. The standard InChI is InChI=1S/C22H23Cl2NO2/c1-22(2,14-23)21(26)20(19-4-3-13-25-19)27-18-11-7-16(8-12-18)15-5-9-17(24)10-6-15/h3-13,20-21,25-26H,14H2,1-2H3. The van der Waals surface area contributed by atoms with E-state index in [0.29, 0.717) is 16.7 Å². The van der Waals surface area contributed by atoms with Crippen LogP contribution in [0.1, 0.15) is 25.6 Å². The van der Waals surface area contributed by atoms with Crippen molar-refractivity contribution in [3.8, 4) is 16.9 Å². The van der Waals surface area contributed by atoms with Crippen molar-refractivity contribution >= 4 is 23.2 Å². The van der Waals surface area contributed by atoms with Crippen LogP contribution in [-0.4, -0.2) is 22.1 Å². The average Bonchev–Trinajstić information content (AvgIpc) is 3.21. The normalized spacial score (nSPS) is 14.0. The van der Waals surface area contributed by atoms with Crippen molar-refractivity contribution in [3.63, 3.8) is 0 Å². The van der Waals surface area contributed by atoms with Gasteiger partial charge in [-0.1, -0.05) is 49.7 Å². The molecule has 1 heterocycles. The molecule has 0 aliphatic heterocycles. The van der Waals surface area contributed by atoms with Gasteiger partial charge in [0.05, 0.1) is 5.69 Å². The molecule has 0 aliphatic rings. The minimum absolute atomic E-state index is 0.324. The van der Waals surface area contributed by atoms with Gasteiger partial charge in [-0.15, -0.1) is 11.6 Å². The third-order valence-corrected chi connectivity index (χ3v) is 5.60. The SMILES string of the molecule is CC(C)(CCl)C(O)C(Oc1ccc(-c2ccc(Cl)cc2)cc1)c1ccc[nH]1. The number of ether oxygens (including phenoxy) is 1. The van der Waals surface area contributed by atoms with Crippen molar-refractivity contribution in [2.75, 3.05) is 5.88 Å². The predicted molar refractivity (Wildman–Crippen MR) is 112 cm³/mol. The van der Waals surface area contributed by atoms with Gasteiger partial charge in [-0.05, 0) is 47.5 Å². The maximum Gasteiger partial charge on any atom is 0.165 e. The first-order valence-electron chi connectivity index (χ1n) is 8.81. The van der Waals surface area contributed by atoms with Gasteiger partial charge in [0.1, 0.15) is 11.9 Å². The molecule has 0 radical (unpaired) electrons. The van der Waals surface area contributed by atoms with Crippen molar-refractivity contribution in [1.29, 1.82) is 0 Å². The van der Waals surface area contributed by atoms with Crippen LogP contribution < -0.4 is 4.74 Å². The van der Waals surface area contributed by atoms with E-state index in [2.05, 4.69) is 4.98 Å². The lowest BCUT2D eigenvalue weighted by Gasteiger charge is -2.34. The Labute approximate surface area is 169 Å². The zero-order chi connectivity index (χ0) is 19.4. The molecule has 3 rings (SSSR count). The summed E-state index contributed by atoms with van der Waals surface area (Å²) in [7, 11) is 0. The number of halogens is 2. The number of aliphatic hydroxyl groups excluding tert-OH is 1. The number of alkyl halides is 1. The summed E-state index contributed by atoms with van der Waals surface area (Å²) < 4.78 is 6.16. The van der Waals surface area contributed by atoms with Gasteiger partial charge in [0.25, 0.3) is 0 Å². The second-order valence-electron chi connectivity index (χ2n) is 7.26. The molecule has 2 unspecified atom stereocenters. The molecule has 0 spiro atoms. The fraction of sp³-hybridized carbons (Fsp3) is 0.273. The summed E-state index contributed by atoms with van der Waals surface area (Å²) in [6, 6.07) is 19.3. The molecule has 27 heavy (non-hydrogen) atoms. The summed E-state index contributed by atoms with van der Waals surface area (Å²) in [4.78, 5) is 3.14. The van der Waals surface area contributed by atoms with E-state index in [-0.39, 0.29) is 0 Å². The summed E-state index contributed by atoms with van der Waals surface area (Å²) in [5, 5.41) is 11.6. The number of aromatic amines is 1. The van der Waals surface area contributed by atoms with Gasteiger partial charge in [0, 0.05) is 22.5 Å². The summed E-state index contributed by atoms with van der Waals surface area (Å²) in [5.41, 5.74) is 2.45. The fourth-order valence-corrected chi connectivity index (χ4v) is 3.11. The van der Waals surface area contributed by atoms with E-state index >= 15 is 0 Å². The molecule has 2 N–H and O–H groups in total. The molecule has 0 aliphatic carbocycles. The van der Waals surface area contributed by atoms with E-state index in [4.69, 9.17) is 27.9 Å². The van der Waals surface area contributed by atoms with E-state index in [9.17, 15) is 5.11 Å². The molecule has 5 heteroatoms. The van der Waals surface area contributed by atoms with Crippen molar-refractivity contribution in [3.05, 3.63) is 77.6 Å². The molecule has 0 fully saturated rings. The fourth-order valence-electron chi connectivity index (χ4n) is 2.82. The summed E-state index contributed by atoms with van der Waals surface area (Å²) in [6.07, 6.45) is 0.496. The molecule has 1 aromatic heterocycles. The number of hydrogen-bond acceptors (Lipinski definition) is 2. The van der Waals surface area contributed by atoms with Crippen LogP contribution in [0.5, 0.6) is 5.75 Å². The molecule has 2 atom stereocenters. The Kier molecular flexibility index (Phi) is 6.15. The van der Waals surface area contributed by atoms with Crippen molar-refractivity contribution in [1.82, 2.24) is 4.98 Å². The molecule has 0 saturated heterocycles. The van der Waals surface area contributed by atoms with Crippen LogP contribution in [0.3, 0.4) is 0 Å². The minimum Gasteiger partial charge on any atom is -0.481 e. The van der Waals surface area contributed by atoms with Crippen LogP contribution >= 0.6 is 23.2 Å². The largest absolute Gasteiger partial charge is 0.481 e. The van der Waals surface area contributed by atoms with Crippen LogP contribution in [0.2, 0.25) is 5.02 Å². The lowest BCUT2D eigenvalue weighted by Crippen LogP contribution is -2.38. The molecule has 3 aromatic rings. The van der Waals surface area contributed by atoms with E-state index in [1.165, 1.54) is 0 Å². The molecule has 142 valence electrons. The van der Waals surface area contributed by atoms with Crippen LogP contribution in [-0.2, 0) is 0 Å². The molecule has 0 amide bonds. The number of nitrogens with one attached hydrogen (secondary N) is 1. The third-order valence-electron chi connectivity index (χ3n) is 4.66. The Morgan fingerprint density at radius 1 is 1.00 bits per heavy atom.